The molecule has 19 heavy (non-hydrogen) atoms. The summed E-state index contributed by atoms with van der Waals surface area (Å²) in [6.45, 7) is 1.86. The highest BCUT2D eigenvalue weighted by Gasteiger charge is 2.24. The Labute approximate surface area is 111 Å². The average Bonchev–Trinajstić information content (AvgIpc) is 3.21. The lowest BCUT2D eigenvalue weighted by molar-refractivity contribution is 0.0950. The van der Waals surface area contributed by atoms with E-state index in [1.54, 1.807) is 7.11 Å². The molecule has 0 bridgehead atoms. The van der Waals surface area contributed by atoms with Crippen molar-refractivity contribution in [3.05, 3.63) is 35.5 Å². The molecule has 0 unspecified atom stereocenters. The second kappa shape index (κ2) is 4.53. The van der Waals surface area contributed by atoms with E-state index in [1.807, 2.05) is 31.2 Å². The minimum absolute atomic E-state index is 0.0229. The molecule has 1 fully saturated rings. The monoisotopic (exact) mass is 256 g/mol. The molecule has 0 spiro atoms. The van der Waals surface area contributed by atoms with Crippen molar-refractivity contribution in [1.82, 2.24) is 10.3 Å². The van der Waals surface area contributed by atoms with Gasteiger partial charge in [-0.05, 0) is 38.0 Å². The van der Waals surface area contributed by atoms with Crippen LogP contribution in [0.25, 0.3) is 10.9 Å². The van der Waals surface area contributed by atoms with Crippen LogP contribution in [0.2, 0.25) is 0 Å². The lowest BCUT2D eigenvalue weighted by Gasteiger charge is -2.09. The zero-order valence-corrected chi connectivity index (χ0v) is 11.1. The van der Waals surface area contributed by atoms with Gasteiger partial charge in [-0.15, -0.1) is 0 Å². The van der Waals surface area contributed by atoms with Crippen LogP contribution < -0.4 is 10.1 Å². The van der Waals surface area contributed by atoms with Crippen LogP contribution in [0, 0.1) is 6.92 Å². The minimum Gasteiger partial charge on any atom is -0.497 e. The minimum atomic E-state index is -0.0229. The molecule has 0 aliphatic heterocycles. The van der Waals surface area contributed by atoms with E-state index in [2.05, 4.69) is 10.3 Å². The van der Waals surface area contributed by atoms with Crippen LogP contribution in [0.5, 0.6) is 5.75 Å². The fourth-order valence-electron chi connectivity index (χ4n) is 2.09. The number of pyridine rings is 1. The third kappa shape index (κ3) is 2.38. The van der Waals surface area contributed by atoms with Crippen LogP contribution in [0.15, 0.2) is 24.3 Å². The fraction of sp³-hybridized carbons (Fsp3) is 0.333. The Morgan fingerprint density at radius 1 is 1.37 bits per heavy atom. The Balaban J connectivity index is 2.00. The predicted octanol–water partition coefficient (Wildman–Crippen LogP) is 2.44. The van der Waals surface area contributed by atoms with E-state index in [4.69, 9.17) is 4.74 Å². The van der Waals surface area contributed by atoms with Crippen molar-refractivity contribution in [2.45, 2.75) is 25.8 Å². The molecule has 0 atom stereocenters. The van der Waals surface area contributed by atoms with Crippen molar-refractivity contribution in [2.75, 3.05) is 7.11 Å². The number of ether oxygens (including phenoxy) is 1. The van der Waals surface area contributed by atoms with Gasteiger partial charge < -0.3 is 10.1 Å². The molecule has 98 valence electrons. The second-order valence-corrected chi connectivity index (χ2v) is 4.93. The van der Waals surface area contributed by atoms with Crippen LogP contribution in [-0.4, -0.2) is 24.0 Å². The Hall–Kier alpha value is -2.10. The number of carbonyl (C=O) groups excluding carboxylic acids is 1. The number of benzene rings is 1. The largest absolute Gasteiger partial charge is 0.497 e. The van der Waals surface area contributed by atoms with E-state index in [9.17, 15) is 4.79 Å². The molecule has 4 nitrogen and oxygen atoms in total. The molecular weight excluding hydrogens is 240 g/mol. The number of nitrogens with zero attached hydrogens (tertiary/aromatic N) is 1. The Morgan fingerprint density at radius 2 is 2.16 bits per heavy atom. The molecule has 1 N–H and O–H groups in total. The maximum Gasteiger partial charge on any atom is 0.253 e. The lowest BCUT2D eigenvalue weighted by Crippen LogP contribution is -2.26. The van der Waals surface area contributed by atoms with Crippen LogP contribution in [0.3, 0.4) is 0 Å². The van der Waals surface area contributed by atoms with E-state index in [0.29, 0.717) is 11.6 Å². The van der Waals surface area contributed by atoms with Gasteiger partial charge in [0.15, 0.2) is 0 Å². The number of carbonyl (C=O) groups is 1. The van der Waals surface area contributed by atoms with E-state index in [-0.39, 0.29) is 5.91 Å². The molecule has 1 aliphatic carbocycles. The first-order valence-corrected chi connectivity index (χ1v) is 6.43. The first kappa shape index (κ1) is 12.0. The number of fused-ring (bicyclic) bond motifs is 1. The lowest BCUT2D eigenvalue weighted by atomic mass is 10.1. The summed E-state index contributed by atoms with van der Waals surface area (Å²) in [5.74, 6) is 0.750. The number of rotatable bonds is 3. The highest BCUT2D eigenvalue weighted by molar-refractivity contribution is 5.99. The molecule has 0 radical (unpaired) electrons. The quantitative estimate of drug-likeness (QED) is 0.917. The number of aromatic nitrogens is 1. The summed E-state index contributed by atoms with van der Waals surface area (Å²) in [7, 11) is 1.63. The van der Waals surface area contributed by atoms with E-state index < -0.39 is 0 Å². The smallest absolute Gasteiger partial charge is 0.253 e. The maximum absolute atomic E-state index is 12.1. The van der Waals surface area contributed by atoms with Crippen LogP contribution >= 0.6 is 0 Å². The van der Waals surface area contributed by atoms with Crippen LogP contribution in [0.4, 0.5) is 0 Å². The number of nitrogens with one attached hydrogen (secondary N) is 1. The summed E-state index contributed by atoms with van der Waals surface area (Å²) in [6.07, 6.45) is 2.17. The van der Waals surface area contributed by atoms with Gasteiger partial charge in [-0.1, -0.05) is 0 Å². The summed E-state index contributed by atoms with van der Waals surface area (Å²) in [4.78, 5) is 16.6. The number of hydrogen-bond donors (Lipinski definition) is 1. The summed E-state index contributed by atoms with van der Waals surface area (Å²) >= 11 is 0. The fourth-order valence-corrected chi connectivity index (χ4v) is 2.09. The van der Waals surface area contributed by atoms with Gasteiger partial charge in [-0.25, -0.2) is 0 Å². The standard InChI is InChI=1S/C15H16N2O2/c1-9-13(15(18)17-11-4-5-11)7-10-3-6-12(19-2)8-14(10)16-9/h3,6-8,11H,4-5H2,1-2H3,(H,17,18). The van der Waals surface area contributed by atoms with Gasteiger partial charge in [-0.2, -0.15) is 0 Å². The van der Waals surface area contributed by atoms with Crippen molar-refractivity contribution >= 4 is 16.8 Å². The van der Waals surface area contributed by atoms with Gasteiger partial charge in [-0.3, -0.25) is 9.78 Å². The molecule has 1 amide bonds. The van der Waals surface area contributed by atoms with Gasteiger partial charge >= 0.3 is 0 Å². The summed E-state index contributed by atoms with van der Waals surface area (Å²) in [5.41, 5.74) is 2.25. The molecule has 1 aromatic carbocycles. The average molecular weight is 256 g/mol. The molecule has 3 rings (SSSR count). The highest BCUT2D eigenvalue weighted by atomic mass is 16.5. The summed E-state index contributed by atoms with van der Waals surface area (Å²) < 4.78 is 5.18. The topological polar surface area (TPSA) is 51.2 Å². The number of amides is 1. The predicted molar refractivity (Wildman–Crippen MR) is 73.5 cm³/mol. The third-order valence-electron chi connectivity index (χ3n) is 3.37. The van der Waals surface area contributed by atoms with Crippen LogP contribution in [0.1, 0.15) is 28.9 Å². The van der Waals surface area contributed by atoms with Gasteiger partial charge in [0.05, 0.1) is 23.9 Å². The Morgan fingerprint density at radius 3 is 2.84 bits per heavy atom. The van der Waals surface area contributed by atoms with Gasteiger partial charge in [0.25, 0.3) is 5.91 Å². The van der Waals surface area contributed by atoms with Crippen molar-refractivity contribution < 1.29 is 9.53 Å². The van der Waals surface area contributed by atoms with Gasteiger partial charge in [0.2, 0.25) is 0 Å². The molecule has 1 aliphatic rings. The van der Waals surface area contributed by atoms with Gasteiger partial charge in [0.1, 0.15) is 5.75 Å². The molecular formula is C15H16N2O2. The third-order valence-corrected chi connectivity index (χ3v) is 3.37. The molecule has 1 saturated carbocycles. The molecule has 0 saturated heterocycles. The van der Waals surface area contributed by atoms with Crippen LogP contribution in [-0.2, 0) is 0 Å². The Kier molecular flexibility index (Phi) is 2.85. The van der Waals surface area contributed by atoms with Gasteiger partial charge in [0, 0.05) is 17.5 Å². The van der Waals surface area contributed by atoms with Crippen molar-refractivity contribution in [3.8, 4) is 5.75 Å². The second-order valence-electron chi connectivity index (χ2n) is 4.93. The first-order chi connectivity index (χ1) is 9.17. The van der Waals surface area contributed by atoms with Crippen molar-refractivity contribution in [3.63, 3.8) is 0 Å². The number of hydrogen-bond acceptors (Lipinski definition) is 3. The van der Waals surface area contributed by atoms with E-state index in [0.717, 1.165) is 35.2 Å². The number of aryl methyl sites for hydroxylation is 1. The SMILES string of the molecule is COc1ccc2cc(C(=O)NC3CC3)c(C)nc2c1. The van der Waals surface area contributed by atoms with E-state index in [1.165, 1.54) is 0 Å². The highest BCUT2D eigenvalue weighted by Crippen LogP contribution is 2.23. The van der Waals surface area contributed by atoms with Crippen molar-refractivity contribution in [1.29, 1.82) is 0 Å². The Bertz CT molecular complexity index is 648. The summed E-state index contributed by atoms with van der Waals surface area (Å²) in [6, 6.07) is 7.94. The zero-order chi connectivity index (χ0) is 13.4. The molecule has 1 aromatic heterocycles. The normalized spacial score (nSPS) is 14.4. The molecule has 1 heterocycles. The zero-order valence-electron chi connectivity index (χ0n) is 11.1. The first-order valence-electron chi connectivity index (χ1n) is 6.43. The molecule has 2 aromatic rings. The summed E-state index contributed by atoms with van der Waals surface area (Å²) in [5, 5.41) is 3.95. The number of methoxy groups -OCH3 is 1. The van der Waals surface area contributed by atoms with Crippen molar-refractivity contribution in [2.24, 2.45) is 0 Å². The maximum atomic E-state index is 12.1. The molecule has 4 heteroatoms. The van der Waals surface area contributed by atoms with E-state index >= 15 is 0 Å².